The summed E-state index contributed by atoms with van der Waals surface area (Å²) in [6, 6.07) is 0. The van der Waals surface area contributed by atoms with E-state index in [9.17, 15) is 0 Å². The zero-order valence-electron chi connectivity index (χ0n) is 78.6. The molecule has 0 bridgehead atoms. The average Bonchev–Trinajstić information content (AvgIpc) is 4.81. The molecule has 10 aliphatic rings. The van der Waals surface area contributed by atoms with Crippen molar-refractivity contribution in [3.8, 4) is 0 Å². The standard InChI is InChI=1S/C4H8N2.C4H7NS.C4H7N.2C4H8O2.C3H4N2.C3H6N2.2C3H5NO.2C3H5NS.22C2H6/c2*1-2-5-4-6-3-1;1-2-4-5-3-1;1-2-6-4-3-5-1;1-2-5-4-6-3-1;1-2-5-3-4-1;1-2-4-5-3-1;1-2-5-3-4-1;1-2-4-5-3-1;1-2-5-3-4-1;1-2-4-5-3-1;22*1-2/h4H,1-3H2,(H,5,6);4H,1-3H2;3H,1-2,4H2;2*1-4H2;1-3H,(H,4,5);1-2,4-5H,3H2;3H,1-2H2;2H,1,3H2;3H,1-2H2;2H,1,3H2;22*1-2H3. The summed E-state index contributed by atoms with van der Waals surface area (Å²) >= 11 is 5.23. The highest BCUT2D eigenvalue weighted by Gasteiger charge is 1.95. The monoisotopic (exact) mass is 1550 g/mol. The number of aliphatic imine (C=N–C) groups is 5. The van der Waals surface area contributed by atoms with Crippen LogP contribution >= 0.6 is 35.5 Å². The largest absolute Gasteiger partial charge is 0.482 e. The van der Waals surface area contributed by atoms with E-state index in [0.717, 1.165) is 112 Å². The first kappa shape index (κ1) is 161. The quantitative estimate of drug-likeness (QED) is 0.179. The molecule has 0 atom stereocenters. The Morgan fingerprint density at radius 1 is 0.369 bits per heavy atom. The van der Waals surface area contributed by atoms with Crippen molar-refractivity contribution in [2.45, 2.75) is 350 Å². The number of hydrogen-bond acceptors (Lipinski definition) is 20. The molecule has 642 valence electrons. The van der Waals surface area contributed by atoms with Crippen LogP contribution in [0.4, 0.5) is 0 Å². The molecule has 103 heavy (non-hydrogen) atoms. The Kier molecular flexibility index (Phi) is 474. The number of oxime groups is 1. The predicted octanol–water partition coefficient (Wildman–Crippen LogP) is 27.3. The Bertz CT molecular complexity index is 980. The van der Waals surface area contributed by atoms with Crippen LogP contribution in [0.15, 0.2) is 65.5 Å². The summed E-state index contributed by atoms with van der Waals surface area (Å²) in [6.07, 6.45) is 26.1. The number of nitrogens with zero attached hydrogens (tertiary/aromatic N) is 8. The topological polar surface area (TPSA) is 207 Å². The molecule has 1 aromatic rings. The highest BCUT2D eigenvalue weighted by atomic mass is 32.2. The molecule has 0 aromatic carbocycles. The number of hydrogen-bond donors (Lipinski definition) is 4. The third kappa shape index (κ3) is 297. The van der Waals surface area contributed by atoms with Crippen LogP contribution < -0.4 is 16.2 Å². The summed E-state index contributed by atoms with van der Waals surface area (Å²) in [6.45, 7) is 102. The summed E-state index contributed by atoms with van der Waals surface area (Å²) in [4.78, 5) is 30.5. The second-order valence-corrected chi connectivity index (χ2v) is 14.4. The van der Waals surface area contributed by atoms with Gasteiger partial charge in [-0.15, -0.1) is 23.5 Å². The van der Waals surface area contributed by atoms with E-state index < -0.39 is 0 Å². The fourth-order valence-electron chi connectivity index (χ4n) is 3.76. The number of imidazole rings is 1. The van der Waals surface area contributed by atoms with E-state index in [-0.39, 0.29) is 0 Å². The predicted molar refractivity (Wildman–Crippen MR) is 500 cm³/mol. The third-order valence-corrected chi connectivity index (χ3v) is 8.86. The van der Waals surface area contributed by atoms with Gasteiger partial charge in [0.2, 0.25) is 0 Å². The maximum Gasteiger partial charge on any atom is 0.169 e. The van der Waals surface area contributed by atoms with Crippen LogP contribution in [0.25, 0.3) is 0 Å². The van der Waals surface area contributed by atoms with E-state index >= 15 is 0 Å². The Labute approximate surface area is 666 Å². The number of H-pyrrole nitrogens is 1. The molecule has 0 unspecified atom stereocenters. The van der Waals surface area contributed by atoms with Gasteiger partial charge in [0, 0.05) is 94.0 Å². The molecule has 0 amide bonds. The lowest BCUT2D eigenvalue weighted by Crippen LogP contribution is -2.19. The summed E-state index contributed by atoms with van der Waals surface area (Å²) in [5.41, 5.74) is 9.49. The number of thioether (sulfide) groups is 2. The Morgan fingerprint density at radius 2 is 0.835 bits per heavy atom. The summed E-state index contributed by atoms with van der Waals surface area (Å²) in [5.74, 6) is 3.66. The summed E-state index contributed by atoms with van der Waals surface area (Å²) in [5, 5.41) is 6.45. The lowest BCUT2D eigenvalue weighted by molar-refractivity contribution is -0.0963. The van der Waals surface area contributed by atoms with Gasteiger partial charge in [-0.1, -0.05) is 316 Å². The molecule has 2 fully saturated rings. The number of ether oxygens (including phenoxy) is 5. The van der Waals surface area contributed by atoms with Crippen molar-refractivity contribution in [2.75, 3.05) is 123 Å². The van der Waals surface area contributed by atoms with Gasteiger partial charge in [0.15, 0.2) is 6.40 Å². The maximum absolute atomic E-state index is 4.94. The SMILES string of the molecule is C1=CNNC1.C1=NCCC1.C1=NCCCN1.C1=NCCCS1.C1=NCCO1.C1=NCCS1.C1=NOCC1.C1=NSCC1.C1COCCO1.C1COCOC1.CC.CC.CC.CC.CC.CC.CC.CC.CC.CC.CC.CC.CC.CC.CC.CC.CC.CC.CC.CC.CC.CC.c1c[nH]cn1. The minimum Gasteiger partial charge on any atom is -0.482 e. The molecule has 0 radical (unpaired) electrons. The van der Waals surface area contributed by atoms with E-state index in [4.69, 9.17) is 18.9 Å². The van der Waals surface area contributed by atoms with E-state index in [1.165, 1.54) is 55.8 Å². The minimum atomic E-state index is 0.500. The number of hydrazine groups is 1. The zero-order valence-corrected chi connectivity index (χ0v) is 81.0. The van der Waals surface area contributed by atoms with Crippen molar-refractivity contribution in [1.29, 1.82) is 0 Å². The first-order valence-corrected chi connectivity index (χ1v) is 45.2. The van der Waals surface area contributed by atoms with Gasteiger partial charge < -0.3 is 44.2 Å². The van der Waals surface area contributed by atoms with Gasteiger partial charge in [0.25, 0.3) is 0 Å². The van der Waals surface area contributed by atoms with Gasteiger partial charge >= 0.3 is 0 Å². The van der Waals surface area contributed by atoms with E-state index in [2.05, 4.69) is 70.2 Å². The molecule has 1 aromatic heterocycles. The van der Waals surface area contributed by atoms with Crippen LogP contribution in [0.2, 0.25) is 0 Å². The minimum absolute atomic E-state index is 0.500. The van der Waals surface area contributed by atoms with Gasteiger partial charge in [-0.2, -0.15) is 0 Å². The Morgan fingerprint density at radius 3 is 0.942 bits per heavy atom. The summed E-state index contributed by atoms with van der Waals surface area (Å²) in [7, 11) is 0. The van der Waals surface area contributed by atoms with Crippen LogP contribution in [0.3, 0.4) is 0 Å². The maximum atomic E-state index is 4.94. The molecule has 18 nitrogen and oxygen atoms in total. The van der Waals surface area contributed by atoms with Crippen molar-refractivity contribution in [1.82, 2.24) is 26.1 Å². The number of aromatic nitrogens is 2. The average molecular weight is 1550 g/mol. The van der Waals surface area contributed by atoms with Crippen molar-refractivity contribution in [3.63, 3.8) is 0 Å². The van der Waals surface area contributed by atoms with E-state index in [1.54, 1.807) is 66.7 Å². The molecule has 4 N–H and O–H groups in total. The lowest BCUT2D eigenvalue weighted by Gasteiger charge is -2.09. The molecule has 0 spiro atoms. The second kappa shape index (κ2) is 304. The van der Waals surface area contributed by atoms with Gasteiger partial charge in [0.1, 0.15) is 20.0 Å². The van der Waals surface area contributed by atoms with Gasteiger partial charge in [-0.25, -0.2) is 14.8 Å². The third-order valence-electron chi connectivity index (χ3n) is 6.61. The smallest absolute Gasteiger partial charge is 0.169 e. The van der Waals surface area contributed by atoms with E-state index in [1.807, 2.05) is 340 Å². The zero-order chi connectivity index (χ0) is 85.7. The van der Waals surface area contributed by atoms with Crippen molar-refractivity contribution >= 4 is 77.9 Å². The number of rotatable bonds is 0. The first-order chi connectivity index (χ1) is 51.5. The first-order valence-electron chi connectivity index (χ1n) is 42.1. The van der Waals surface area contributed by atoms with Crippen LogP contribution in [0.1, 0.15) is 350 Å². The van der Waals surface area contributed by atoms with Gasteiger partial charge in [-0.3, -0.25) is 25.0 Å². The Hall–Kier alpha value is -3.31. The molecule has 0 saturated carbocycles. The highest BCUT2D eigenvalue weighted by molar-refractivity contribution is 8.12. The van der Waals surface area contributed by atoms with Crippen molar-refractivity contribution in [2.24, 2.45) is 34.5 Å². The normalized spacial score (nSPS) is 12.7. The second-order valence-electron chi connectivity index (χ2n) is 11.6. The van der Waals surface area contributed by atoms with Crippen molar-refractivity contribution in [3.05, 3.63) is 31.0 Å². The summed E-state index contributed by atoms with van der Waals surface area (Å²) < 4.78 is 28.1. The van der Waals surface area contributed by atoms with Crippen molar-refractivity contribution < 1.29 is 28.5 Å². The molecule has 11 rings (SSSR count). The molecule has 11 heterocycles. The number of nitrogens with one attached hydrogen (secondary N) is 4. The molecule has 0 aliphatic carbocycles. The van der Waals surface area contributed by atoms with Crippen LogP contribution in [-0.4, -0.2) is 175 Å². The molecule has 2 saturated heterocycles. The molecule has 10 aliphatic heterocycles. The fraction of sp³-hybridized carbons (Fsp3) is 0.854. The van der Waals surface area contributed by atoms with Crippen LogP contribution in [-0.2, 0) is 28.5 Å². The Balaban J connectivity index is -0.0000000333. The molecule has 21 heteroatoms. The lowest BCUT2D eigenvalue weighted by atomic mass is 10.4. The van der Waals surface area contributed by atoms with Gasteiger partial charge in [0.05, 0.1) is 69.9 Å². The molecular weight excluding hydrogens is 1350 g/mol. The van der Waals surface area contributed by atoms with Crippen LogP contribution in [0, 0.1) is 0 Å². The number of aromatic amines is 1. The fourth-order valence-corrected chi connectivity index (χ4v) is 5.43. The highest BCUT2D eigenvalue weighted by Crippen LogP contribution is 2.07. The van der Waals surface area contributed by atoms with Crippen LogP contribution in [0.5, 0.6) is 0 Å². The van der Waals surface area contributed by atoms with E-state index in [0.29, 0.717) is 6.79 Å². The molecular formula is C82H200N12O6S3. The van der Waals surface area contributed by atoms with Gasteiger partial charge in [-0.05, 0) is 56.7 Å².